The van der Waals surface area contributed by atoms with Gasteiger partial charge in [0.1, 0.15) is 0 Å². The largest absolute Gasteiger partial charge is 0.469 e. The quantitative estimate of drug-likeness (QED) is 0.593. The molecule has 1 fully saturated rings. The first-order valence-corrected chi connectivity index (χ1v) is 4.48. The number of rotatable bonds is 1. The molecule has 0 bridgehead atoms. The van der Waals surface area contributed by atoms with Gasteiger partial charge in [-0.3, -0.25) is 4.79 Å². The molecule has 1 N–H and O–H groups in total. The van der Waals surface area contributed by atoms with Gasteiger partial charge in [-0.1, -0.05) is 6.92 Å². The highest BCUT2D eigenvalue weighted by molar-refractivity contribution is 5.72. The number of piperidine rings is 1. The van der Waals surface area contributed by atoms with Crippen LogP contribution in [0.3, 0.4) is 0 Å². The summed E-state index contributed by atoms with van der Waals surface area (Å²) >= 11 is 0. The fourth-order valence-electron chi connectivity index (χ4n) is 1.75. The van der Waals surface area contributed by atoms with Crippen molar-refractivity contribution in [2.45, 2.75) is 26.3 Å². The highest BCUT2D eigenvalue weighted by atomic mass is 16.5. The van der Waals surface area contributed by atoms with Crippen molar-refractivity contribution in [3.05, 3.63) is 0 Å². The van der Waals surface area contributed by atoms with Gasteiger partial charge in [-0.15, -0.1) is 0 Å². The number of ether oxygens (including phenoxy) is 1. The van der Waals surface area contributed by atoms with Crippen molar-refractivity contribution in [1.82, 2.24) is 5.32 Å². The van der Waals surface area contributed by atoms with Crippen molar-refractivity contribution in [2.24, 2.45) is 11.8 Å². The molecule has 1 rings (SSSR count). The van der Waals surface area contributed by atoms with Crippen LogP contribution in [0.1, 0.15) is 20.3 Å². The van der Waals surface area contributed by atoms with Gasteiger partial charge < -0.3 is 10.1 Å². The summed E-state index contributed by atoms with van der Waals surface area (Å²) in [6.45, 7) is 5.13. The highest BCUT2D eigenvalue weighted by Gasteiger charge is 2.32. The van der Waals surface area contributed by atoms with Crippen molar-refractivity contribution in [3.63, 3.8) is 0 Å². The monoisotopic (exact) mass is 171 g/mol. The predicted molar refractivity (Wildman–Crippen MR) is 46.8 cm³/mol. The molecular formula is C9H17NO2. The zero-order chi connectivity index (χ0) is 9.14. The zero-order valence-corrected chi connectivity index (χ0v) is 7.96. The van der Waals surface area contributed by atoms with Gasteiger partial charge in [0.25, 0.3) is 0 Å². The lowest BCUT2D eigenvalue weighted by Crippen LogP contribution is -2.45. The van der Waals surface area contributed by atoms with Gasteiger partial charge in [-0.05, 0) is 25.8 Å². The molecule has 0 unspecified atom stereocenters. The first kappa shape index (κ1) is 9.52. The molecule has 0 aliphatic carbocycles. The highest BCUT2D eigenvalue weighted by Crippen LogP contribution is 2.23. The fourth-order valence-corrected chi connectivity index (χ4v) is 1.75. The molecule has 1 heterocycles. The van der Waals surface area contributed by atoms with Crippen LogP contribution < -0.4 is 5.32 Å². The number of carbonyl (C=O) groups excluding carboxylic acids is 1. The maximum absolute atomic E-state index is 11.3. The Morgan fingerprint density at radius 3 is 2.75 bits per heavy atom. The molecule has 3 heteroatoms. The van der Waals surface area contributed by atoms with Gasteiger partial charge in [-0.2, -0.15) is 0 Å². The van der Waals surface area contributed by atoms with Crippen LogP contribution in [0.5, 0.6) is 0 Å². The summed E-state index contributed by atoms with van der Waals surface area (Å²) in [6, 6.07) is 0.419. The number of hydrogen-bond donors (Lipinski definition) is 1. The van der Waals surface area contributed by atoms with Gasteiger partial charge in [-0.25, -0.2) is 0 Å². The Balaban J connectivity index is 2.57. The Morgan fingerprint density at radius 2 is 2.17 bits per heavy atom. The number of methoxy groups -OCH3 is 1. The van der Waals surface area contributed by atoms with E-state index in [1.807, 2.05) is 0 Å². The van der Waals surface area contributed by atoms with E-state index in [9.17, 15) is 4.79 Å². The number of hydrogen-bond acceptors (Lipinski definition) is 3. The number of nitrogens with one attached hydrogen (secondary N) is 1. The van der Waals surface area contributed by atoms with Crippen LogP contribution in [-0.2, 0) is 9.53 Å². The van der Waals surface area contributed by atoms with Crippen molar-refractivity contribution < 1.29 is 9.53 Å². The second-order valence-corrected chi connectivity index (χ2v) is 3.52. The average Bonchev–Trinajstić information content (AvgIpc) is 2.08. The lowest BCUT2D eigenvalue weighted by atomic mass is 9.83. The SMILES string of the molecule is COC(=O)[C@@H]1CCN[C@H](C)[C@H]1C. The maximum Gasteiger partial charge on any atom is 0.309 e. The van der Waals surface area contributed by atoms with Crippen molar-refractivity contribution in [3.8, 4) is 0 Å². The summed E-state index contributed by atoms with van der Waals surface area (Å²) in [5, 5.41) is 3.33. The molecule has 0 aromatic carbocycles. The second kappa shape index (κ2) is 3.90. The molecule has 1 aliphatic rings. The van der Waals surface area contributed by atoms with Crippen molar-refractivity contribution >= 4 is 5.97 Å². The van der Waals surface area contributed by atoms with E-state index in [1.165, 1.54) is 7.11 Å². The molecule has 70 valence electrons. The molecule has 0 amide bonds. The van der Waals surface area contributed by atoms with E-state index in [2.05, 4.69) is 19.2 Å². The molecule has 3 nitrogen and oxygen atoms in total. The summed E-state index contributed by atoms with van der Waals surface area (Å²) in [4.78, 5) is 11.3. The topological polar surface area (TPSA) is 38.3 Å². The summed E-state index contributed by atoms with van der Waals surface area (Å²) in [7, 11) is 1.46. The van der Waals surface area contributed by atoms with Gasteiger partial charge in [0.05, 0.1) is 13.0 Å². The van der Waals surface area contributed by atoms with Crippen molar-refractivity contribution in [1.29, 1.82) is 0 Å². The van der Waals surface area contributed by atoms with Gasteiger partial charge >= 0.3 is 5.97 Å². The Kier molecular flexibility index (Phi) is 3.09. The lowest BCUT2D eigenvalue weighted by Gasteiger charge is -2.33. The minimum atomic E-state index is -0.0594. The minimum absolute atomic E-state index is 0.0594. The molecule has 0 radical (unpaired) electrons. The maximum atomic E-state index is 11.3. The molecule has 0 saturated carbocycles. The molecular weight excluding hydrogens is 154 g/mol. The van der Waals surface area contributed by atoms with E-state index in [-0.39, 0.29) is 11.9 Å². The first-order chi connectivity index (χ1) is 5.66. The van der Waals surface area contributed by atoms with Crippen LogP contribution in [0, 0.1) is 11.8 Å². The third kappa shape index (κ3) is 1.78. The fraction of sp³-hybridized carbons (Fsp3) is 0.889. The normalized spacial score (nSPS) is 36.1. The van der Waals surface area contributed by atoms with Gasteiger partial charge in [0.2, 0.25) is 0 Å². The minimum Gasteiger partial charge on any atom is -0.469 e. The van der Waals surface area contributed by atoms with Gasteiger partial charge in [0.15, 0.2) is 0 Å². The molecule has 1 saturated heterocycles. The zero-order valence-electron chi connectivity index (χ0n) is 7.96. The molecule has 0 aromatic rings. The van der Waals surface area contributed by atoms with E-state index in [0.29, 0.717) is 12.0 Å². The van der Waals surface area contributed by atoms with Gasteiger partial charge in [0, 0.05) is 6.04 Å². The summed E-state index contributed by atoms with van der Waals surface area (Å²) in [5.74, 6) is 0.410. The first-order valence-electron chi connectivity index (χ1n) is 4.48. The van der Waals surface area contributed by atoms with E-state index in [0.717, 1.165) is 13.0 Å². The third-order valence-corrected chi connectivity index (χ3v) is 2.85. The molecule has 3 atom stereocenters. The van der Waals surface area contributed by atoms with Crippen LogP contribution in [0.4, 0.5) is 0 Å². The van der Waals surface area contributed by atoms with Crippen LogP contribution in [0.15, 0.2) is 0 Å². The van der Waals surface area contributed by atoms with E-state index >= 15 is 0 Å². The predicted octanol–water partition coefficient (Wildman–Crippen LogP) is 0.793. The number of esters is 1. The van der Waals surface area contributed by atoms with Crippen molar-refractivity contribution in [2.75, 3.05) is 13.7 Å². The third-order valence-electron chi connectivity index (χ3n) is 2.85. The molecule has 12 heavy (non-hydrogen) atoms. The Hall–Kier alpha value is -0.570. The summed E-state index contributed by atoms with van der Waals surface area (Å²) in [6.07, 6.45) is 0.901. The smallest absolute Gasteiger partial charge is 0.309 e. The average molecular weight is 171 g/mol. The molecule has 1 aliphatic heterocycles. The van der Waals surface area contributed by atoms with E-state index < -0.39 is 0 Å². The summed E-state index contributed by atoms with van der Waals surface area (Å²) < 4.78 is 4.74. The Labute approximate surface area is 73.5 Å². The Morgan fingerprint density at radius 1 is 1.50 bits per heavy atom. The van der Waals surface area contributed by atoms with Crippen LogP contribution in [-0.4, -0.2) is 25.7 Å². The number of carbonyl (C=O) groups is 1. The van der Waals surface area contributed by atoms with E-state index in [1.54, 1.807) is 0 Å². The van der Waals surface area contributed by atoms with E-state index in [4.69, 9.17) is 4.74 Å². The lowest BCUT2D eigenvalue weighted by molar-refractivity contribution is -0.148. The standard InChI is InChI=1S/C9H17NO2/c1-6-7(2)10-5-4-8(6)9(11)12-3/h6-8,10H,4-5H2,1-3H3/t6-,7-,8-/m1/s1. The van der Waals surface area contributed by atoms with Crippen LogP contribution in [0.2, 0.25) is 0 Å². The van der Waals surface area contributed by atoms with Crippen LogP contribution in [0.25, 0.3) is 0 Å². The Bertz CT molecular complexity index is 170. The molecule has 0 spiro atoms. The van der Waals surface area contributed by atoms with Crippen LogP contribution >= 0.6 is 0 Å². The summed E-state index contributed by atoms with van der Waals surface area (Å²) in [5.41, 5.74) is 0. The second-order valence-electron chi connectivity index (χ2n) is 3.52. The molecule has 0 aromatic heterocycles.